The lowest BCUT2D eigenvalue weighted by Crippen LogP contribution is -2.50. The van der Waals surface area contributed by atoms with E-state index >= 15 is 0 Å². The second kappa shape index (κ2) is 17.6. The number of ether oxygens (including phenoxy) is 1. The number of rotatable bonds is 18. The molecular weight excluding hydrogens is 768 g/mol. The lowest BCUT2D eigenvalue weighted by molar-refractivity contribution is -0.438. The van der Waals surface area contributed by atoms with Crippen molar-refractivity contribution in [3.63, 3.8) is 0 Å². The summed E-state index contributed by atoms with van der Waals surface area (Å²) in [6.07, 6.45) is 2.45. The number of aliphatic hydroxyl groups excluding tert-OH is 1. The molecule has 0 bridgehead atoms. The summed E-state index contributed by atoms with van der Waals surface area (Å²) in [7, 11) is -3.17. The van der Waals surface area contributed by atoms with Crippen molar-refractivity contribution in [2.24, 2.45) is 0 Å². The summed E-state index contributed by atoms with van der Waals surface area (Å²) in [5, 5.41) is 16.1. The Morgan fingerprint density at radius 1 is 1.00 bits per heavy atom. The summed E-state index contributed by atoms with van der Waals surface area (Å²) >= 11 is 0. The zero-order valence-corrected chi connectivity index (χ0v) is 32.4. The predicted molar refractivity (Wildman–Crippen MR) is 201 cm³/mol. The number of imide groups is 1. The molecule has 16 nitrogen and oxygen atoms in total. The number of carbonyl (C=O) groups is 6. The van der Waals surface area contributed by atoms with Gasteiger partial charge in [0.15, 0.2) is 5.71 Å². The molecule has 2 aliphatic heterocycles. The van der Waals surface area contributed by atoms with Gasteiger partial charge in [-0.3, -0.25) is 28.5 Å². The lowest BCUT2D eigenvalue weighted by Gasteiger charge is -2.23. The number of amides is 4. The third-order valence-electron chi connectivity index (χ3n) is 9.85. The van der Waals surface area contributed by atoms with Crippen molar-refractivity contribution in [2.45, 2.75) is 76.7 Å². The molecule has 0 spiro atoms. The Bertz CT molecular complexity index is 2180. The van der Waals surface area contributed by atoms with Crippen LogP contribution in [0.5, 0.6) is 5.75 Å². The van der Waals surface area contributed by atoms with Crippen LogP contribution in [0.1, 0.15) is 76.3 Å². The molecule has 57 heavy (non-hydrogen) atoms. The summed E-state index contributed by atoms with van der Waals surface area (Å²) in [4.78, 5) is 78.8. The Hall–Kier alpha value is -5.75. The zero-order chi connectivity index (χ0) is 41.7. The van der Waals surface area contributed by atoms with Crippen molar-refractivity contribution >= 4 is 62.5 Å². The Balaban J connectivity index is 1.17. The number of hydrogen-bond donors (Lipinski definition) is 4. The van der Waals surface area contributed by atoms with Crippen LogP contribution in [0.3, 0.4) is 0 Å². The van der Waals surface area contributed by atoms with Gasteiger partial charge in [-0.15, -0.1) is 5.06 Å². The molecule has 0 aromatic heterocycles. The molecule has 1 aliphatic carbocycles. The van der Waals surface area contributed by atoms with E-state index in [0.29, 0.717) is 53.5 Å². The van der Waals surface area contributed by atoms with Crippen molar-refractivity contribution in [1.29, 1.82) is 0 Å². The summed E-state index contributed by atoms with van der Waals surface area (Å²) < 4.78 is 54.3. The number of nitrogens with zero attached hydrogens (tertiary/aromatic N) is 2. The number of carbonyl (C=O) groups excluding carboxylic acids is 6. The van der Waals surface area contributed by atoms with Crippen molar-refractivity contribution in [3.8, 4) is 5.75 Å². The van der Waals surface area contributed by atoms with Crippen LogP contribution < -0.4 is 15.4 Å². The monoisotopic (exact) mass is 811 g/mol. The molecule has 0 radical (unpaired) electrons. The Kier molecular flexibility index (Phi) is 13.1. The SMILES string of the molecule is COc1ccc(C2=C(O)/C(=C/C3=[N+](CCCCCC(=O)NC(CS(=O)(=O)O)C(=O)NCCCC(=O)ON4C(=O)CCC4=O)c4ccc(F)cc4C3(C)C)C2=O)cc1. The number of nitrogens with one attached hydrogen (secondary N) is 2. The molecule has 1 unspecified atom stereocenters. The number of ketones is 1. The van der Waals surface area contributed by atoms with Crippen LogP contribution in [-0.2, 0) is 49.1 Å². The van der Waals surface area contributed by atoms with E-state index in [1.807, 2.05) is 18.4 Å². The minimum atomic E-state index is -4.70. The number of hydrogen-bond acceptors (Lipinski definition) is 11. The van der Waals surface area contributed by atoms with Crippen LogP contribution in [0.15, 0.2) is 59.9 Å². The maximum absolute atomic E-state index is 14.5. The lowest BCUT2D eigenvalue weighted by atomic mass is 9.77. The van der Waals surface area contributed by atoms with E-state index in [1.165, 1.54) is 19.2 Å². The first-order valence-corrected chi connectivity index (χ1v) is 19.9. The molecule has 1 atom stereocenters. The van der Waals surface area contributed by atoms with Crippen molar-refractivity contribution in [3.05, 3.63) is 76.8 Å². The molecule has 4 amide bonds. The van der Waals surface area contributed by atoms with Crippen LogP contribution in [0.2, 0.25) is 0 Å². The number of benzene rings is 2. The van der Waals surface area contributed by atoms with Gasteiger partial charge in [-0.1, -0.05) is 12.1 Å². The van der Waals surface area contributed by atoms with Crippen molar-refractivity contribution < 1.29 is 65.4 Å². The van der Waals surface area contributed by atoms with Gasteiger partial charge in [0.05, 0.1) is 23.7 Å². The number of allylic oxidation sites excluding steroid dienone is 3. The number of halogens is 1. The molecule has 2 aromatic rings. The van der Waals surface area contributed by atoms with Gasteiger partial charge in [0.1, 0.15) is 35.7 Å². The predicted octanol–water partition coefficient (Wildman–Crippen LogP) is 3.13. The third kappa shape index (κ3) is 9.98. The summed E-state index contributed by atoms with van der Waals surface area (Å²) in [5.74, 6) is -5.18. The van der Waals surface area contributed by atoms with Gasteiger partial charge in [0, 0.05) is 56.4 Å². The van der Waals surface area contributed by atoms with E-state index in [9.17, 15) is 51.2 Å². The average Bonchev–Trinajstić information content (AvgIpc) is 3.57. The van der Waals surface area contributed by atoms with E-state index < -0.39 is 62.7 Å². The van der Waals surface area contributed by atoms with Crippen LogP contribution in [-0.4, -0.2) is 101 Å². The highest BCUT2D eigenvalue weighted by Crippen LogP contribution is 2.43. The average molecular weight is 812 g/mol. The zero-order valence-electron chi connectivity index (χ0n) is 31.6. The van der Waals surface area contributed by atoms with Crippen LogP contribution in [0.25, 0.3) is 5.57 Å². The largest absolute Gasteiger partial charge is 0.506 e. The molecule has 304 valence electrons. The molecule has 2 aromatic carbocycles. The van der Waals surface area contributed by atoms with Crippen LogP contribution >= 0.6 is 0 Å². The summed E-state index contributed by atoms with van der Waals surface area (Å²) in [5.41, 5.74) is 2.17. The number of Topliss-reactive ketones (excluding diaryl/α,β-unsaturated/α-hetero) is 1. The van der Waals surface area contributed by atoms with E-state index in [0.717, 1.165) is 5.69 Å². The van der Waals surface area contributed by atoms with Crippen molar-refractivity contribution in [1.82, 2.24) is 15.7 Å². The highest BCUT2D eigenvalue weighted by Gasteiger charge is 2.47. The van der Waals surface area contributed by atoms with Gasteiger partial charge >= 0.3 is 5.97 Å². The van der Waals surface area contributed by atoms with Crippen LogP contribution in [0, 0.1) is 5.82 Å². The smallest absolute Gasteiger partial charge is 0.333 e. The molecule has 2 heterocycles. The molecule has 0 saturated carbocycles. The Morgan fingerprint density at radius 2 is 1.68 bits per heavy atom. The highest BCUT2D eigenvalue weighted by molar-refractivity contribution is 7.85. The fourth-order valence-corrected chi connectivity index (χ4v) is 7.49. The van der Waals surface area contributed by atoms with Crippen molar-refractivity contribution in [2.75, 3.05) is 26.0 Å². The Labute approximate surface area is 328 Å². The van der Waals surface area contributed by atoms with Gasteiger partial charge in [-0.05, 0) is 62.9 Å². The van der Waals surface area contributed by atoms with Crippen LogP contribution in [0.4, 0.5) is 10.1 Å². The fourth-order valence-electron chi connectivity index (χ4n) is 6.83. The molecule has 18 heteroatoms. The Morgan fingerprint density at radius 3 is 2.32 bits per heavy atom. The number of methoxy groups -OCH3 is 1. The number of hydroxylamine groups is 2. The topological polar surface area (TPSA) is 226 Å². The van der Waals surface area contributed by atoms with Gasteiger partial charge in [-0.25, -0.2) is 9.18 Å². The van der Waals surface area contributed by atoms with E-state index in [-0.39, 0.29) is 61.3 Å². The van der Waals surface area contributed by atoms with Gasteiger partial charge in [0.25, 0.3) is 21.9 Å². The van der Waals surface area contributed by atoms with E-state index in [4.69, 9.17) is 9.57 Å². The first kappa shape index (κ1) is 42.4. The summed E-state index contributed by atoms with van der Waals surface area (Å²) in [6, 6.07) is 9.51. The first-order valence-electron chi connectivity index (χ1n) is 18.3. The number of fused-ring (bicyclic) bond motifs is 1. The van der Waals surface area contributed by atoms with Gasteiger partial charge in [0.2, 0.25) is 23.3 Å². The molecule has 5 rings (SSSR count). The highest BCUT2D eigenvalue weighted by atomic mass is 32.2. The first-order chi connectivity index (χ1) is 26.9. The van der Waals surface area contributed by atoms with E-state index in [1.54, 1.807) is 36.4 Å². The van der Waals surface area contributed by atoms with E-state index in [2.05, 4.69) is 10.6 Å². The molecule has 1 saturated heterocycles. The molecule has 1 fully saturated rings. The third-order valence-corrected chi connectivity index (χ3v) is 10.6. The fraction of sp³-hybridized carbons (Fsp3) is 0.410. The number of aliphatic hydroxyl groups is 1. The normalized spacial score (nSPS) is 17.5. The second-order valence-electron chi connectivity index (χ2n) is 14.3. The minimum absolute atomic E-state index is 0.00387. The summed E-state index contributed by atoms with van der Waals surface area (Å²) in [6.45, 7) is 4.04. The maximum Gasteiger partial charge on any atom is 0.333 e. The van der Waals surface area contributed by atoms with Gasteiger partial charge < -0.3 is 25.3 Å². The minimum Gasteiger partial charge on any atom is -0.506 e. The quantitative estimate of drug-likeness (QED) is 0.0560. The number of unbranched alkanes of at least 4 members (excludes halogenated alkanes) is 2. The molecular formula is C39H44FN4O12S+. The maximum atomic E-state index is 14.5. The molecule has 3 aliphatic rings. The van der Waals surface area contributed by atoms with Gasteiger partial charge in [-0.2, -0.15) is 13.0 Å². The molecule has 4 N–H and O–H groups in total. The second-order valence-corrected chi connectivity index (χ2v) is 15.8. The standard InChI is InChI=1S/C39H43FN4O12S/c1-39(2)27-20-24(40)12-15-29(27)43(30(39)21-26-36(49)35(37(26)50)23-10-13-25(55-3)14-11-23)19-6-4-5-8-31(45)42-28(22-57(52,53)54)38(51)41-18-7-9-34(48)56-44-32(46)16-17-33(44)47/h10-15,20-21,28H,4-9,16-19,22H2,1-3H3,(H3-,41,42,45,49,50,51,52,53,54)/p+1.